The molecule has 2 bridgehead atoms. The van der Waals surface area contributed by atoms with Crippen molar-refractivity contribution in [3.8, 4) is 0 Å². The van der Waals surface area contributed by atoms with E-state index in [0.717, 1.165) is 44.9 Å². The van der Waals surface area contributed by atoms with E-state index < -0.39 is 0 Å². The van der Waals surface area contributed by atoms with Crippen LogP contribution in [0.4, 0.5) is 5.13 Å². The third-order valence-corrected chi connectivity index (χ3v) is 8.83. The fourth-order valence-electron chi connectivity index (χ4n) is 5.71. The van der Waals surface area contributed by atoms with Gasteiger partial charge in [-0.05, 0) is 37.0 Å². The summed E-state index contributed by atoms with van der Waals surface area (Å²) in [6, 6.07) is 1.22. The lowest BCUT2D eigenvalue weighted by Gasteiger charge is -2.37. The number of rotatable bonds is 3. The summed E-state index contributed by atoms with van der Waals surface area (Å²) in [5, 5.41) is 4.77. The molecule has 5 nitrogen and oxygen atoms in total. The topological polar surface area (TPSA) is 48.5 Å². The summed E-state index contributed by atoms with van der Waals surface area (Å²) in [7, 11) is 0. The van der Waals surface area contributed by atoms with Gasteiger partial charge in [0.2, 0.25) is 5.91 Å². The highest BCUT2D eigenvalue weighted by Gasteiger charge is 2.39. The van der Waals surface area contributed by atoms with E-state index in [2.05, 4.69) is 29.0 Å². The maximum Gasteiger partial charge on any atom is 0.223 e. The minimum absolute atomic E-state index is 0.211. The second-order valence-electron chi connectivity index (χ2n) is 10.1. The van der Waals surface area contributed by atoms with Gasteiger partial charge < -0.3 is 15.1 Å². The molecule has 3 aliphatic heterocycles. The lowest BCUT2D eigenvalue weighted by atomic mass is 9.70. The predicted molar refractivity (Wildman–Crippen MR) is 136 cm³/mol. The molecule has 182 valence electrons. The summed E-state index contributed by atoms with van der Waals surface area (Å²) in [4.78, 5) is 24.1. The van der Waals surface area contributed by atoms with Crippen LogP contribution in [0.25, 0.3) is 0 Å². The lowest BCUT2D eigenvalue weighted by molar-refractivity contribution is -0.135. The van der Waals surface area contributed by atoms with Gasteiger partial charge in [-0.25, -0.2) is 4.98 Å². The number of hydrogen-bond donors (Lipinski definition) is 1. The SMILES string of the molecule is CC.CC.CC1CCC(C)(CC(=O)N2CCc3nc(N4C5CCC4CNC5)sc3C2)CC1. The van der Waals surface area contributed by atoms with Gasteiger partial charge in [-0.15, -0.1) is 0 Å². The van der Waals surface area contributed by atoms with E-state index in [9.17, 15) is 4.79 Å². The van der Waals surface area contributed by atoms with Crippen molar-refractivity contribution in [3.63, 3.8) is 0 Å². The first-order valence-electron chi connectivity index (χ1n) is 13.3. The molecule has 1 aromatic heterocycles. The molecule has 1 aliphatic carbocycles. The Morgan fingerprint density at radius 1 is 1.09 bits per heavy atom. The molecule has 0 aromatic carbocycles. The average molecular weight is 463 g/mol. The van der Waals surface area contributed by atoms with Gasteiger partial charge in [0.05, 0.1) is 12.2 Å². The number of carbonyl (C=O) groups excluding carboxylic acids is 1. The Labute approximate surface area is 200 Å². The van der Waals surface area contributed by atoms with E-state index in [0.29, 0.717) is 18.0 Å². The Balaban J connectivity index is 0.000000686. The third-order valence-electron chi connectivity index (χ3n) is 7.73. The number of nitrogens with one attached hydrogen (secondary N) is 1. The number of amides is 1. The molecule has 6 heteroatoms. The van der Waals surface area contributed by atoms with Crippen molar-refractivity contribution in [2.24, 2.45) is 11.3 Å². The number of piperazine rings is 1. The summed E-state index contributed by atoms with van der Waals surface area (Å²) in [5.74, 6) is 1.19. The van der Waals surface area contributed by atoms with Crippen LogP contribution in [0.5, 0.6) is 0 Å². The number of carbonyl (C=O) groups is 1. The third kappa shape index (κ3) is 5.49. The first kappa shape index (κ1) is 25.5. The van der Waals surface area contributed by atoms with E-state index >= 15 is 0 Å². The largest absolute Gasteiger partial charge is 0.340 e. The molecule has 5 rings (SSSR count). The van der Waals surface area contributed by atoms with Crippen molar-refractivity contribution in [2.75, 3.05) is 24.5 Å². The highest BCUT2D eigenvalue weighted by Crippen LogP contribution is 2.42. The van der Waals surface area contributed by atoms with Crippen molar-refractivity contribution in [1.82, 2.24) is 15.2 Å². The molecule has 1 N–H and O–H groups in total. The Morgan fingerprint density at radius 2 is 1.72 bits per heavy atom. The van der Waals surface area contributed by atoms with Crippen LogP contribution in [0, 0.1) is 11.3 Å². The molecule has 0 radical (unpaired) electrons. The first-order valence-corrected chi connectivity index (χ1v) is 14.1. The molecule has 2 unspecified atom stereocenters. The summed E-state index contributed by atoms with van der Waals surface area (Å²) >= 11 is 1.85. The number of aromatic nitrogens is 1. The van der Waals surface area contributed by atoms with Gasteiger partial charge in [-0.2, -0.15) is 0 Å². The fraction of sp³-hybridized carbons (Fsp3) is 0.846. The van der Waals surface area contributed by atoms with E-state index in [-0.39, 0.29) is 5.41 Å². The number of fused-ring (bicyclic) bond motifs is 3. The van der Waals surface area contributed by atoms with Gasteiger partial charge >= 0.3 is 0 Å². The Hall–Kier alpha value is -1.14. The van der Waals surface area contributed by atoms with E-state index in [4.69, 9.17) is 4.98 Å². The van der Waals surface area contributed by atoms with Gasteiger partial charge in [0.1, 0.15) is 0 Å². The van der Waals surface area contributed by atoms with Crippen LogP contribution in [-0.4, -0.2) is 47.5 Å². The first-order chi connectivity index (χ1) is 15.5. The molecule has 2 atom stereocenters. The number of anilines is 1. The van der Waals surface area contributed by atoms with Crippen molar-refractivity contribution < 1.29 is 4.79 Å². The van der Waals surface area contributed by atoms with Crippen LogP contribution in [0.2, 0.25) is 0 Å². The minimum atomic E-state index is 0.211. The Kier molecular flexibility index (Phi) is 9.02. The molecular formula is C26H46N4OS. The summed E-state index contributed by atoms with van der Waals surface area (Å²) < 4.78 is 0. The number of hydrogen-bond acceptors (Lipinski definition) is 5. The highest BCUT2D eigenvalue weighted by molar-refractivity contribution is 7.15. The Bertz CT molecular complexity index is 724. The summed E-state index contributed by atoms with van der Waals surface area (Å²) in [6.45, 7) is 16.5. The van der Waals surface area contributed by atoms with E-state index in [1.807, 2.05) is 39.0 Å². The maximum atomic E-state index is 13.1. The zero-order valence-corrected chi connectivity index (χ0v) is 22.2. The fourth-order valence-corrected chi connectivity index (χ4v) is 6.97. The number of thiazole rings is 1. The molecule has 4 aliphatic rings. The van der Waals surface area contributed by atoms with Crippen LogP contribution < -0.4 is 10.2 Å². The van der Waals surface area contributed by atoms with Crippen molar-refractivity contribution in [1.29, 1.82) is 0 Å². The zero-order valence-electron chi connectivity index (χ0n) is 21.4. The van der Waals surface area contributed by atoms with Gasteiger partial charge in [0, 0.05) is 49.4 Å². The van der Waals surface area contributed by atoms with Crippen LogP contribution >= 0.6 is 11.3 Å². The van der Waals surface area contributed by atoms with E-state index in [1.54, 1.807) is 0 Å². The molecule has 3 fully saturated rings. The smallest absolute Gasteiger partial charge is 0.223 e. The van der Waals surface area contributed by atoms with Crippen LogP contribution in [0.15, 0.2) is 0 Å². The molecule has 1 aromatic rings. The molecule has 32 heavy (non-hydrogen) atoms. The molecule has 2 saturated heterocycles. The van der Waals surface area contributed by atoms with Gasteiger partial charge in [0.15, 0.2) is 5.13 Å². The van der Waals surface area contributed by atoms with Crippen molar-refractivity contribution in [2.45, 2.75) is 112 Å². The maximum absolute atomic E-state index is 13.1. The minimum Gasteiger partial charge on any atom is -0.340 e. The second kappa shape index (κ2) is 11.3. The Morgan fingerprint density at radius 3 is 2.34 bits per heavy atom. The van der Waals surface area contributed by atoms with Gasteiger partial charge in [0.25, 0.3) is 0 Å². The second-order valence-corrected chi connectivity index (χ2v) is 11.1. The lowest BCUT2D eigenvalue weighted by Crippen LogP contribution is -2.51. The normalized spacial score (nSPS) is 31.1. The standard InChI is InChI=1S/C22H34N4OS.2C2H6/c1-15-5-8-22(2,9-6-15)11-20(27)25-10-7-18-19(14-25)28-21(24-18)26-16-3-4-17(26)13-23-12-16;2*1-2/h15-17,23H,3-14H2,1-2H3;2*1-2H3. The van der Waals surface area contributed by atoms with Crippen LogP contribution in [-0.2, 0) is 17.8 Å². The van der Waals surface area contributed by atoms with Crippen LogP contribution in [0.1, 0.15) is 97.1 Å². The quantitative estimate of drug-likeness (QED) is 0.633. The number of nitrogens with zero attached hydrogens (tertiary/aromatic N) is 3. The summed E-state index contributed by atoms with van der Waals surface area (Å²) in [6.07, 6.45) is 9.17. The van der Waals surface area contributed by atoms with E-state index in [1.165, 1.54) is 54.2 Å². The zero-order chi connectivity index (χ0) is 23.3. The predicted octanol–water partition coefficient (Wildman–Crippen LogP) is 5.63. The molecule has 1 saturated carbocycles. The van der Waals surface area contributed by atoms with Crippen molar-refractivity contribution >= 4 is 22.4 Å². The molecule has 1 amide bonds. The van der Waals surface area contributed by atoms with Crippen LogP contribution in [0.3, 0.4) is 0 Å². The molecule has 4 heterocycles. The van der Waals surface area contributed by atoms with Crippen molar-refractivity contribution in [3.05, 3.63) is 10.6 Å². The highest BCUT2D eigenvalue weighted by atomic mass is 32.1. The monoisotopic (exact) mass is 462 g/mol. The summed E-state index contributed by atoms with van der Waals surface area (Å²) in [5.41, 5.74) is 1.46. The van der Waals surface area contributed by atoms with Gasteiger partial charge in [-0.1, -0.05) is 65.7 Å². The van der Waals surface area contributed by atoms with Gasteiger partial charge in [-0.3, -0.25) is 4.79 Å². The average Bonchev–Trinajstić information content (AvgIpc) is 3.35. The molecular weight excluding hydrogens is 416 g/mol. The molecule has 0 spiro atoms.